The average Bonchev–Trinajstić information content (AvgIpc) is 2.49. The van der Waals surface area contributed by atoms with Gasteiger partial charge in [-0.3, -0.25) is 4.90 Å². The lowest BCUT2D eigenvalue weighted by Gasteiger charge is -2.21. The quantitative estimate of drug-likeness (QED) is 0.926. The van der Waals surface area contributed by atoms with Crippen LogP contribution in [0.25, 0.3) is 0 Å². The van der Waals surface area contributed by atoms with Gasteiger partial charge in [-0.2, -0.15) is 0 Å². The molecule has 0 bridgehead atoms. The van der Waals surface area contributed by atoms with Gasteiger partial charge in [0, 0.05) is 37.7 Å². The molecule has 0 aliphatic heterocycles. The largest absolute Gasteiger partial charge is 0.378 e. The lowest BCUT2D eigenvalue weighted by atomic mass is 10.2. The van der Waals surface area contributed by atoms with Crippen LogP contribution in [0.5, 0.6) is 0 Å². The van der Waals surface area contributed by atoms with E-state index in [1.165, 1.54) is 0 Å². The number of amides is 2. The van der Waals surface area contributed by atoms with E-state index in [9.17, 15) is 4.79 Å². The topological polar surface area (TPSA) is 35.6 Å². The average molecular weight is 283 g/mol. The minimum Gasteiger partial charge on any atom is -0.378 e. The van der Waals surface area contributed by atoms with Gasteiger partial charge < -0.3 is 10.2 Å². The number of hydrogen-bond acceptors (Lipinski definition) is 2. The van der Waals surface area contributed by atoms with Crippen LogP contribution in [0.2, 0.25) is 0 Å². The second kappa shape index (κ2) is 6.79. The highest BCUT2D eigenvalue weighted by Crippen LogP contribution is 2.18. The summed E-state index contributed by atoms with van der Waals surface area (Å²) in [6.07, 6.45) is 0. The summed E-state index contributed by atoms with van der Waals surface area (Å²) in [6.45, 7) is 2.58. The summed E-state index contributed by atoms with van der Waals surface area (Å²) in [7, 11) is 3.98. The molecule has 0 aliphatic carbocycles. The minimum absolute atomic E-state index is 0.124. The Labute approximate surface area is 126 Å². The Bertz CT molecular complexity index is 579. The Morgan fingerprint density at radius 1 is 0.952 bits per heavy atom. The number of para-hydroxylation sites is 1. The zero-order chi connectivity index (χ0) is 15.2. The highest BCUT2D eigenvalue weighted by molar-refractivity contribution is 6.01. The molecule has 0 aromatic heterocycles. The van der Waals surface area contributed by atoms with Crippen LogP contribution in [0.15, 0.2) is 54.6 Å². The summed E-state index contributed by atoms with van der Waals surface area (Å²) in [6, 6.07) is 17.3. The van der Waals surface area contributed by atoms with Crippen molar-refractivity contribution in [3.05, 3.63) is 54.6 Å². The first-order valence-electron chi connectivity index (χ1n) is 7.02. The first kappa shape index (κ1) is 14.9. The summed E-state index contributed by atoms with van der Waals surface area (Å²) in [5.41, 5.74) is 2.78. The van der Waals surface area contributed by atoms with Crippen molar-refractivity contribution < 1.29 is 4.79 Å². The highest BCUT2D eigenvalue weighted by Gasteiger charge is 2.13. The number of carbonyl (C=O) groups excluding carboxylic acids is 1. The number of nitrogens with one attached hydrogen (secondary N) is 1. The zero-order valence-corrected chi connectivity index (χ0v) is 12.7. The molecule has 0 saturated heterocycles. The molecule has 2 aromatic rings. The van der Waals surface area contributed by atoms with Crippen LogP contribution in [-0.4, -0.2) is 26.7 Å². The van der Waals surface area contributed by atoms with Crippen molar-refractivity contribution in [3.8, 4) is 0 Å². The van der Waals surface area contributed by atoms with Crippen LogP contribution < -0.4 is 15.1 Å². The molecule has 4 nitrogen and oxygen atoms in total. The third-order valence-electron chi connectivity index (χ3n) is 3.26. The van der Waals surface area contributed by atoms with Crippen LogP contribution in [0.1, 0.15) is 6.92 Å². The molecule has 0 radical (unpaired) electrons. The van der Waals surface area contributed by atoms with E-state index >= 15 is 0 Å². The first-order valence-corrected chi connectivity index (χ1v) is 7.02. The fourth-order valence-electron chi connectivity index (χ4n) is 2.09. The Hall–Kier alpha value is -2.49. The zero-order valence-electron chi connectivity index (χ0n) is 12.7. The van der Waals surface area contributed by atoms with Crippen molar-refractivity contribution >= 4 is 23.1 Å². The highest BCUT2D eigenvalue weighted by atomic mass is 16.2. The molecule has 1 N–H and O–H groups in total. The molecule has 0 atom stereocenters. The fourth-order valence-corrected chi connectivity index (χ4v) is 2.09. The Morgan fingerprint density at radius 3 is 2.10 bits per heavy atom. The van der Waals surface area contributed by atoms with Crippen molar-refractivity contribution in [2.24, 2.45) is 0 Å². The molecular weight excluding hydrogens is 262 g/mol. The van der Waals surface area contributed by atoms with Crippen molar-refractivity contribution in [1.29, 1.82) is 0 Å². The molecule has 2 amide bonds. The maximum atomic E-state index is 12.4. The lowest BCUT2D eigenvalue weighted by Crippen LogP contribution is -2.34. The van der Waals surface area contributed by atoms with E-state index in [0.717, 1.165) is 17.1 Å². The van der Waals surface area contributed by atoms with E-state index in [1.807, 2.05) is 80.5 Å². The fraction of sp³-hybridized carbons (Fsp3) is 0.235. The van der Waals surface area contributed by atoms with Gasteiger partial charge in [0.25, 0.3) is 0 Å². The lowest BCUT2D eigenvalue weighted by molar-refractivity contribution is 0.257. The number of anilines is 3. The molecule has 0 unspecified atom stereocenters. The minimum atomic E-state index is -0.124. The van der Waals surface area contributed by atoms with Gasteiger partial charge in [-0.15, -0.1) is 0 Å². The second-order valence-corrected chi connectivity index (χ2v) is 4.95. The normalized spacial score (nSPS) is 10.0. The maximum Gasteiger partial charge on any atom is 0.326 e. The van der Waals surface area contributed by atoms with E-state index in [2.05, 4.69) is 5.32 Å². The molecule has 2 aromatic carbocycles. The Kier molecular flexibility index (Phi) is 4.82. The Balaban J connectivity index is 2.09. The number of rotatable bonds is 4. The smallest absolute Gasteiger partial charge is 0.326 e. The van der Waals surface area contributed by atoms with Crippen LogP contribution in [-0.2, 0) is 0 Å². The predicted molar refractivity (Wildman–Crippen MR) is 89.2 cm³/mol. The molecule has 4 heteroatoms. The van der Waals surface area contributed by atoms with Gasteiger partial charge >= 0.3 is 6.03 Å². The van der Waals surface area contributed by atoms with Gasteiger partial charge in [0.1, 0.15) is 0 Å². The number of urea groups is 1. The summed E-state index contributed by atoms with van der Waals surface area (Å²) in [5, 5.41) is 2.93. The standard InChI is InChI=1S/C17H21N3O/c1-4-20(16-8-6-5-7-9-16)17(21)18-14-10-12-15(13-11-14)19(2)3/h5-13H,4H2,1-3H3,(H,18,21). The summed E-state index contributed by atoms with van der Waals surface area (Å²) in [4.78, 5) is 16.1. The molecule has 0 heterocycles. The molecule has 21 heavy (non-hydrogen) atoms. The van der Waals surface area contributed by atoms with E-state index in [4.69, 9.17) is 0 Å². The monoisotopic (exact) mass is 283 g/mol. The van der Waals surface area contributed by atoms with Gasteiger partial charge in [-0.25, -0.2) is 4.79 Å². The number of hydrogen-bond donors (Lipinski definition) is 1. The SMILES string of the molecule is CCN(C(=O)Nc1ccc(N(C)C)cc1)c1ccccc1. The molecule has 0 saturated carbocycles. The summed E-state index contributed by atoms with van der Waals surface area (Å²) in [5.74, 6) is 0. The van der Waals surface area contributed by atoms with Crippen LogP contribution in [0, 0.1) is 0 Å². The van der Waals surface area contributed by atoms with Crippen molar-refractivity contribution in [1.82, 2.24) is 0 Å². The summed E-state index contributed by atoms with van der Waals surface area (Å²) >= 11 is 0. The van der Waals surface area contributed by atoms with Gasteiger partial charge in [-0.1, -0.05) is 18.2 Å². The van der Waals surface area contributed by atoms with Crippen molar-refractivity contribution in [2.75, 3.05) is 35.8 Å². The first-order chi connectivity index (χ1) is 10.1. The maximum absolute atomic E-state index is 12.4. The second-order valence-electron chi connectivity index (χ2n) is 4.95. The molecular formula is C17H21N3O. The van der Waals surface area contributed by atoms with E-state index in [-0.39, 0.29) is 6.03 Å². The van der Waals surface area contributed by atoms with Crippen molar-refractivity contribution in [3.63, 3.8) is 0 Å². The molecule has 2 rings (SSSR count). The van der Waals surface area contributed by atoms with Gasteiger partial charge in [0.05, 0.1) is 0 Å². The molecule has 0 fully saturated rings. The van der Waals surface area contributed by atoms with Gasteiger partial charge in [-0.05, 0) is 43.3 Å². The Morgan fingerprint density at radius 2 is 1.57 bits per heavy atom. The van der Waals surface area contributed by atoms with E-state index in [1.54, 1.807) is 4.90 Å². The number of nitrogens with zero attached hydrogens (tertiary/aromatic N) is 2. The molecule has 110 valence electrons. The van der Waals surface area contributed by atoms with Gasteiger partial charge in [0.15, 0.2) is 0 Å². The number of benzene rings is 2. The predicted octanol–water partition coefficient (Wildman–Crippen LogP) is 3.81. The van der Waals surface area contributed by atoms with Crippen molar-refractivity contribution in [2.45, 2.75) is 6.92 Å². The number of carbonyl (C=O) groups is 1. The van der Waals surface area contributed by atoms with E-state index in [0.29, 0.717) is 6.54 Å². The summed E-state index contributed by atoms with van der Waals surface area (Å²) < 4.78 is 0. The van der Waals surface area contributed by atoms with Gasteiger partial charge in [0.2, 0.25) is 0 Å². The third kappa shape index (κ3) is 3.75. The van der Waals surface area contributed by atoms with Crippen LogP contribution in [0.4, 0.5) is 21.9 Å². The van der Waals surface area contributed by atoms with Crippen LogP contribution in [0.3, 0.4) is 0 Å². The van der Waals surface area contributed by atoms with Crippen LogP contribution >= 0.6 is 0 Å². The molecule has 0 spiro atoms. The molecule has 0 aliphatic rings. The van der Waals surface area contributed by atoms with E-state index < -0.39 is 0 Å². The third-order valence-corrected chi connectivity index (χ3v) is 3.26.